The van der Waals surface area contributed by atoms with E-state index in [4.69, 9.17) is 0 Å². The van der Waals surface area contributed by atoms with Crippen LogP contribution < -0.4 is 5.32 Å². The Morgan fingerprint density at radius 2 is 2.22 bits per heavy atom. The van der Waals surface area contributed by atoms with Crippen molar-refractivity contribution in [1.29, 1.82) is 0 Å². The summed E-state index contributed by atoms with van der Waals surface area (Å²) in [5.41, 5.74) is 1.15. The van der Waals surface area contributed by atoms with Gasteiger partial charge in [-0.15, -0.1) is 12.4 Å². The average molecular weight is 335 g/mol. The number of pyridine rings is 1. The van der Waals surface area contributed by atoms with E-state index < -0.39 is 0 Å². The minimum Gasteiger partial charge on any atom is -0.317 e. The van der Waals surface area contributed by atoms with Crippen molar-refractivity contribution >= 4 is 28.3 Å². The largest absolute Gasteiger partial charge is 0.317 e. The van der Waals surface area contributed by atoms with E-state index in [-0.39, 0.29) is 12.4 Å². The summed E-state index contributed by atoms with van der Waals surface area (Å²) in [6.07, 6.45) is 5.69. The van der Waals surface area contributed by atoms with Crippen LogP contribution in [0.15, 0.2) is 22.8 Å². The van der Waals surface area contributed by atoms with Crippen molar-refractivity contribution in [1.82, 2.24) is 15.2 Å². The number of halogens is 2. The molecular weight excluding hydrogens is 314 g/mol. The maximum Gasteiger partial charge on any atom is 0.0544 e. The Labute approximate surface area is 124 Å². The summed E-state index contributed by atoms with van der Waals surface area (Å²) < 4.78 is 1.04. The summed E-state index contributed by atoms with van der Waals surface area (Å²) in [6, 6.07) is 4.84. The molecule has 2 rings (SSSR count). The maximum absolute atomic E-state index is 4.43. The molecule has 1 aliphatic rings. The molecule has 0 radical (unpaired) electrons. The van der Waals surface area contributed by atoms with Gasteiger partial charge < -0.3 is 5.32 Å². The van der Waals surface area contributed by atoms with Crippen LogP contribution in [0, 0.1) is 0 Å². The Balaban J connectivity index is 0.00000162. The summed E-state index contributed by atoms with van der Waals surface area (Å²) in [6.45, 7) is 3.25. The van der Waals surface area contributed by atoms with Gasteiger partial charge in [0.15, 0.2) is 0 Å². The highest BCUT2D eigenvalue weighted by Gasteiger charge is 2.16. The van der Waals surface area contributed by atoms with Gasteiger partial charge in [0.05, 0.1) is 5.69 Å². The molecule has 1 N–H and O–H groups in total. The Kier molecular flexibility index (Phi) is 7.15. The molecule has 0 amide bonds. The van der Waals surface area contributed by atoms with Crippen LogP contribution >= 0.6 is 28.3 Å². The van der Waals surface area contributed by atoms with E-state index in [9.17, 15) is 0 Å². The molecule has 0 bridgehead atoms. The lowest BCUT2D eigenvalue weighted by atomic mass is 10.1. The van der Waals surface area contributed by atoms with Crippen LogP contribution in [0.2, 0.25) is 0 Å². The summed E-state index contributed by atoms with van der Waals surface area (Å²) in [4.78, 5) is 6.87. The first-order chi connectivity index (χ1) is 8.25. The maximum atomic E-state index is 4.43. The molecule has 1 fully saturated rings. The minimum absolute atomic E-state index is 0. The third kappa shape index (κ3) is 4.84. The normalized spacial score (nSPS) is 20.3. The molecule has 1 aromatic heterocycles. The molecule has 3 nitrogen and oxygen atoms in total. The van der Waals surface area contributed by atoms with Crippen LogP contribution in [-0.4, -0.2) is 36.1 Å². The van der Waals surface area contributed by atoms with Crippen molar-refractivity contribution in [2.24, 2.45) is 0 Å². The van der Waals surface area contributed by atoms with Gasteiger partial charge in [0.1, 0.15) is 0 Å². The zero-order valence-corrected chi connectivity index (χ0v) is 13.1. The van der Waals surface area contributed by atoms with Crippen molar-refractivity contribution in [2.75, 3.05) is 20.1 Å². The van der Waals surface area contributed by atoms with Crippen LogP contribution in [-0.2, 0) is 6.54 Å². The van der Waals surface area contributed by atoms with Crippen molar-refractivity contribution in [2.45, 2.75) is 31.8 Å². The second-order valence-electron chi connectivity index (χ2n) is 4.72. The van der Waals surface area contributed by atoms with Gasteiger partial charge in [-0.25, -0.2) is 0 Å². The predicted octanol–water partition coefficient (Wildman–Crippen LogP) is 2.84. The van der Waals surface area contributed by atoms with Crippen LogP contribution in [0.1, 0.15) is 25.0 Å². The fraction of sp³-hybridized carbons (Fsp3) is 0.615. The number of aromatic nitrogens is 1. The topological polar surface area (TPSA) is 28.2 Å². The van der Waals surface area contributed by atoms with E-state index in [0.717, 1.165) is 23.3 Å². The first-order valence-corrected chi connectivity index (χ1v) is 7.06. The SMILES string of the molecule is CN(Cc1ccc(Br)cn1)C1CCCNCC1.Cl. The Morgan fingerprint density at radius 3 is 2.94 bits per heavy atom. The van der Waals surface area contributed by atoms with Crippen molar-refractivity contribution in [3.8, 4) is 0 Å². The van der Waals surface area contributed by atoms with Crippen molar-refractivity contribution in [3.63, 3.8) is 0 Å². The summed E-state index contributed by atoms with van der Waals surface area (Å²) in [7, 11) is 2.21. The van der Waals surface area contributed by atoms with Crippen LogP contribution in [0.4, 0.5) is 0 Å². The zero-order valence-electron chi connectivity index (χ0n) is 10.7. The minimum atomic E-state index is 0. The van der Waals surface area contributed by atoms with Gasteiger partial charge in [-0.05, 0) is 67.5 Å². The lowest BCUT2D eigenvalue weighted by molar-refractivity contribution is 0.214. The van der Waals surface area contributed by atoms with E-state index in [1.54, 1.807) is 0 Å². The van der Waals surface area contributed by atoms with Gasteiger partial charge in [0.25, 0.3) is 0 Å². The quantitative estimate of drug-likeness (QED) is 0.921. The molecule has 2 heterocycles. The van der Waals surface area contributed by atoms with Gasteiger partial charge in [-0.3, -0.25) is 9.88 Å². The Morgan fingerprint density at radius 1 is 1.39 bits per heavy atom. The van der Waals surface area contributed by atoms with Gasteiger partial charge in [-0.2, -0.15) is 0 Å². The molecule has 1 unspecified atom stereocenters. The third-order valence-corrected chi connectivity index (χ3v) is 3.84. The van der Waals surface area contributed by atoms with Crippen LogP contribution in [0.3, 0.4) is 0 Å². The monoisotopic (exact) mass is 333 g/mol. The Hall–Kier alpha value is -0.160. The third-order valence-electron chi connectivity index (χ3n) is 3.37. The molecule has 1 atom stereocenters. The van der Waals surface area contributed by atoms with Crippen molar-refractivity contribution in [3.05, 3.63) is 28.5 Å². The second-order valence-corrected chi connectivity index (χ2v) is 5.63. The highest BCUT2D eigenvalue weighted by atomic mass is 79.9. The van der Waals surface area contributed by atoms with Crippen LogP contribution in [0.25, 0.3) is 0 Å². The fourth-order valence-corrected chi connectivity index (χ4v) is 2.56. The molecular formula is C13H21BrClN3. The van der Waals surface area contributed by atoms with E-state index in [1.165, 1.54) is 25.8 Å². The second kappa shape index (κ2) is 8.10. The Bertz CT molecular complexity index is 337. The molecule has 1 saturated heterocycles. The molecule has 102 valence electrons. The number of hydrogen-bond donors (Lipinski definition) is 1. The molecule has 1 aromatic rings. The molecule has 0 spiro atoms. The van der Waals surface area contributed by atoms with Gasteiger partial charge in [0.2, 0.25) is 0 Å². The van der Waals surface area contributed by atoms with E-state index in [0.29, 0.717) is 6.04 Å². The van der Waals surface area contributed by atoms with Gasteiger partial charge in [-0.1, -0.05) is 0 Å². The van der Waals surface area contributed by atoms with Gasteiger partial charge >= 0.3 is 0 Å². The number of rotatable bonds is 3. The predicted molar refractivity (Wildman–Crippen MR) is 81.2 cm³/mol. The lowest BCUT2D eigenvalue weighted by Gasteiger charge is -2.26. The fourth-order valence-electron chi connectivity index (χ4n) is 2.33. The smallest absolute Gasteiger partial charge is 0.0544 e. The summed E-state index contributed by atoms with van der Waals surface area (Å²) >= 11 is 3.41. The summed E-state index contributed by atoms with van der Waals surface area (Å²) in [5.74, 6) is 0. The molecule has 5 heteroatoms. The zero-order chi connectivity index (χ0) is 12.1. The molecule has 0 saturated carbocycles. The number of nitrogens with zero attached hydrogens (tertiary/aromatic N) is 2. The van der Waals surface area contributed by atoms with Gasteiger partial charge in [0, 0.05) is 23.3 Å². The first kappa shape index (κ1) is 15.9. The van der Waals surface area contributed by atoms with E-state index in [2.05, 4.69) is 50.3 Å². The highest BCUT2D eigenvalue weighted by Crippen LogP contribution is 2.15. The molecule has 1 aliphatic heterocycles. The van der Waals surface area contributed by atoms with E-state index >= 15 is 0 Å². The molecule has 0 aromatic carbocycles. The standard InChI is InChI=1S/C13H20BrN3.ClH/c1-17(13-3-2-7-15-8-6-13)10-12-5-4-11(14)9-16-12;/h4-5,9,13,15H,2-3,6-8,10H2,1H3;1H. The van der Waals surface area contributed by atoms with Crippen molar-refractivity contribution < 1.29 is 0 Å². The number of hydrogen-bond acceptors (Lipinski definition) is 3. The molecule has 18 heavy (non-hydrogen) atoms. The molecule has 0 aliphatic carbocycles. The number of nitrogens with one attached hydrogen (secondary N) is 1. The highest BCUT2D eigenvalue weighted by molar-refractivity contribution is 9.10. The lowest BCUT2D eigenvalue weighted by Crippen LogP contribution is -2.32. The van der Waals surface area contributed by atoms with Crippen LogP contribution in [0.5, 0.6) is 0 Å². The average Bonchev–Trinajstić information content (AvgIpc) is 2.61. The van der Waals surface area contributed by atoms with E-state index in [1.807, 2.05) is 6.20 Å². The first-order valence-electron chi connectivity index (χ1n) is 6.27. The summed E-state index contributed by atoms with van der Waals surface area (Å²) in [5, 5.41) is 3.45.